The molecule has 0 bridgehead atoms. The lowest BCUT2D eigenvalue weighted by molar-refractivity contribution is 0.102. The van der Waals surface area contributed by atoms with E-state index in [1.54, 1.807) is 31.2 Å². The number of aromatic nitrogens is 2. The molecule has 1 amide bonds. The van der Waals surface area contributed by atoms with E-state index in [1.165, 1.54) is 0 Å². The van der Waals surface area contributed by atoms with Gasteiger partial charge in [-0.15, -0.1) is 12.4 Å². The lowest BCUT2D eigenvalue weighted by Crippen LogP contribution is -2.32. The van der Waals surface area contributed by atoms with Crippen molar-refractivity contribution >= 4 is 24.0 Å². The van der Waals surface area contributed by atoms with Crippen LogP contribution in [0.15, 0.2) is 30.5 Å². The highest BCUT2D eigenvalue weighted by atomic mass is 35.5. The largest absolute Gasteiger partial charge is 0.508 e. The monoisotopic (exact) mass is 336 g/mol. The first-order valence-electron chi connectivity index (χ1n) is 7.50. The van der Waals surface area contributed by atoms with Gasteiger partial charge in [-0.25, -0.2) is 0 Å². The van der Waals surface area contributed by atoms with Crippen molar-refractivity contribution in [1.82, 2.24) is 15.1 Å². The van der Waals surface area contributed by atoms with Gasteiger partial charge in [-0.1, -0.05) is 0 Å². The van der Waals surface area contributed by atoms with E-state index in [9.17, 15) is 9.90 Å². The fourth-order valence-electron chi connectivity index (χ4n) is 2.65. The van der Waals surface area contributed by atoms with Gasteiger partial charge in [0.2, 0.25) is 0 Å². The van der Waals surface area contributed by atoms with E-state index < -0.39 is 0 Å². The minimum Gasteiger partial charge on any atom is -0.508 e. The molecule has 0 spiro atoms. The summed E-state index contributed by atoms with van der Waals surface area (Å²) in [7, 11) is 0. The average Bonchev–Trinajstić information content (AvgIpc) is 3.02. The van der Waals surface area contributed by atoms with Gasteiger partial charge in [-0.2, -0.15) is 5.10 Å². The number of rotatable bonds is 3. The zero-order valence-corrected chi connectivity index (χ0v) is 13.8. The zero-order valence-electron chi connectivity index (χ0n) is 13.0. The molecule has 0 radical (unpaired) electrons. The van der Waals surface area contributed by atoms with Crippen LogP contribution in [-0.4, -0.2) is 33.9 Å². The highest BCUT2D eigenvalue weighted by molar-refractivity contribution is 6.02. The van der Waals surface area contributed by atoms with Crippen LogP contribution in [0.4, 0.5) is 5.69 Å². The molecule has 1 aliphatic rings. The maximum atomic E-state index is 12.2. The Hall–Kier alpha value is -2.05. The van der Waals surface area contributed by atoms with E-state index >= 15 is 0 Å². The Kier molecular flexibility index (Phi) is 5.63. The molecule has 1 aromatic heterocycles. The second-order valence-corrected chi connectivity index (χ2v) is 5.64. The molecule has 3 rings (SSSR count). The molecule has 2 aromatic rings. The van der Waals surface area contributed by atoms with E-state index in [-0.39, 0.29) is 24.1 Å². The molecule has 2 heterocycles. The molecule has 1 unspecified atom stereocenters. The van der Waals surface area contributed by atoms with E-state index in [2.05, 4.69) is 15.7 Å². The number of phenolic OH excluding ortho intramolecular Hbond substituents is 1. The van der Waals surface area contributed by atoms with Crippen LogP contribution in [0.1, 0.15) is 34.9 Å². The smallest absolute Gasteiger partial charge is 0.276 e. The molecule has 1 aliphatic heterocycles. The van der Waals surface area contributed by atoms with Crippen LogP contribution in [0.5, 0.6) is 5.75 Å². The molecule has 1 aromatic carbocycles. The molecular formula is C16H21ClN4O2. The third kappa shape index (κ3) is 4.03. The zero-order chi connectivity index (χ0) is 15.5. The summed E-state index contributed by atoms with van der Waals surface area (Å²) in [4.78, 5) is 12.2. The van der Waals surface area contributed by atoms with Crippen LogP contribution in [0.2, 0.25) is 0 Å². The van der Waals surface area contributed by atoms with Gasteiger partial charge in [0.25, 0.3) is 5.91 Å². The number of amides is 1. The quantitative estimate of drug-likeness (QED) is 0.752. The summed E-state index contributed by atoms with van der Waals surface area (Å²) >= 11 is 0. The third-order valence-electron chi connectivity index (χ3n) is 3.94. The fourth-order valence-corrected chi connectivity index (χ4v) is 2.65. The van der Waals surface area contributed by atoms with Crippen LogP contribution in [-0.2, 0) is 0 Å². The lowest BCUT2D eigenvalue weighted by atomic mass is 10.1. The Morgan fingerprint density at radius 2 is 2.26 bits per heavy atom. The summed E-state index contributed by atoms with van der Waals surface area (Å²) in [6.07, 6.45) is 4.06. The maximum absolute atomic E-state index is 12.2. The van der Waals surface area contributed by atoms with E-state index in [0.717, 1.165) is 31.5 Å². The van der Waals surface area contributed by atoms with Crippen molar-refractivity contribution in [3.05, 3.63) is 41.7 Å². The number of benzene rings is 1. The maximum Gasteiger partial charge on any atom is 0.276 e. The van der Waals surface area contributed by atoms with E-state index in [1.807, 2.05) is 10.9 Å². The van der Waals surface area contributed by atoms with Crippen LogP contribution < -0.4 is 10.6 Å². The van der Waals surface area contributed by atoms with Crippen LogP contribution in [0, 0.1) is 6.92 Å². The minimum absolute atomic E-state index is 0. The molecule has 6 nitrogen and oxygen atoms in total. The van der Waals surface area contributed by atoms with Crippen molar-refractivity contribution in [2.75, 3.05) is 18.4 Å². The number of piperidine rings is 1. The van der Waals surface area contributed by atoms with Gasteiger partial charge >= 0.3 is 0 Å². The molecule has 23 heavy (non-hydrogen) atoms. The number of carbonyl (C=O) groups is 1. The van der Waals surface area contributed by atoms with E-state index in [4.69, 9.17) is 0 Å². The topological polar surface area (TPSA) is 79.2 Å². The van der Waals surface area contributed by atoms with Crippen molar-refractivity contribution in [3.63, 3.8) is 0 Å². The first-order valence-corrected chi connectivity index (χ1v) is 7.50. The predicted octanol–water partition coefficient (Wildman–Crippen LogP) is 2.50. The van der Waals surface area contributed by atoms with Crippen molar-refractivity contribution in [1.29, 1.82) is 0 Å². The standard InChI is InChI=1S/C16H20N4O2.ClH/c1-11-9-12(4-5-15(11)21)18-16(22)14-6-8-20(19-14)13-3-2-7-17-10-13;/h4-6,8-9,13,17,21H,2-3,7,10H2,1H3,(H,18,22);1H. The summed E-state index contributed by atoms with van der Waals surface area (Å²) in [5.74, 6) is -0.0281. The van der Waals surface area contributed by atoms with Gasteiger partial charge in [-0.3, -0.25) is 9.48 Å². The number of hydrogen-bond donors (Lipinski definition) is 3. The summed E-state index contributed by atoms with van der Waals surface area (Å²) in [6.45, 7) is 3.72. The molecule has 1 fully saturated rings. The normalized spacial score (nSPS) is 17.3. The predicted molar refractivity (Wildman–Crippen MR) is 91.4 cm³/mol. The van der Waals surface area contributed by atoms with Crippen LogP contribution in [0.3, 0.4) is 0 Å². The summed E-state index contributed by atoms with van der Waals surface area (Å²) in [6, 6.07) is 7.01. The number of anilines is 1. The molecular weight excluding hydrogens is 316 g/mol. The first kappa shape index (κ1) is 17.3. The Bertz CT molecular complexity index is 680. The number of nitrogens with zero attached hydrogens (tertiary/aromatic N) is 2. The van der Waals surface area contributed by atoms with Crippen LogP contribution in [0.25, 0.3) is 0 Å². The Balaban J connectivity index is 0.00000192. The van der Waals surface area contributed by atoms with Crippen LogP contribution >= 0.6 is 12.4 Å². The third-order valence-corrected chi connectivity index (χ3v) is 3.94. The minimum atomic E-state index is -0.243. The van der Waals surface area contributed by atoms with Gasteiger partial charge in [-0.05, 0) is 56.1 Å². The highest BCUT2D eigenvalue weighted by Crippen LogP contribution is 2.21. The van der Waals surface area contributed by atoms with Crippen molar-refractivity contribution < 1.29 is 9.90 Å². The molecule has 124 valence electrons. The summed E-state index contributed by atoms with van der Waals surface area (Å²) in [5, 5.41) is 20.0. The fraction of sp³-hybridized carbons (Fsp3) is 0.375. The van der Waals surface area contributed by atoms with E-state index in [0.29, 0.717) is 17.4 Å². The molecule has 3 N–H and O–H groups in total. The number of aromatic hydroxyl groups is 1. The molecule has 0 saturated carbocycles. The number of aryl methyl sites for hydroxylation is 1. The molecule has 1 saturated heterocycles. The first-order chi connectivity index (χ1) is 10.6. The Morgan fingerprint density at radius 1 is 1.43 bits per heavy atom. The lowest BCUT2D eigenvalue weighted by Gasteiger charge is -2.22. The summed E-state index contributed by atoms with van der Waals surface area (Å²) < 4.78 is 1.86. The van der Waals surface area contributed by atoms with Gasteiger partial charge in [0.05, 0.1) is 6.04 Å². The Morgan fingerprint density at radius 3 is 2.96 bits per heavy atom. The number of nitrogens with one attached hydrogen (secondary N) is 2. The van der Waals surface area contributed by atoms with Gasteiger partial charge < -0.3 is 15.7 Å². The second-order valence-electron chi connectivity index (χ2n) is 5.64. The molecule has 1 atom stereocenters. The molecule has 7 heteroatoms. The van der Waals surface area contributed by atoms with Gasteiger partial charge in [0.1, 0.15) is 5.75 Å². The number of carbonyl (C=O) groups excluding carboxylic acids is 1. The molecule has 0 aliphatic carbocycles. The van der Waals surface area contributed by atoms with Crippen molar-refractivity contribution in [3.8, 4) is 5.75 Å². The summed E-state index contributed by atoms with van der Waals surface area (Å²) in [5.41, 5.74) is 1.77. The number of phenols is 1. The van der Waals surface area contributed by atoms with Crippen molar-refractivity contribution in [2.45, 2.75) is 25.8 Å². The van der Waals surface area contributed by atoms with Gasteiger partial charge in [0, 0.05) is 18.4 Å². The highest BCUT2D eigenvalue weighted by Gasteiger charge is 2.17. The van der Waals surface area contributed by atoms with Gasteiger partial charge in [0.15, 0.2) is 5.69 Å². The van der Waals surface area contributed by atoms with Crippen molar-refractivity contribution in [2.24, 2.45) is 0 Å². The number of halogens is 1. The second kappa shape index (κ2) is 7.48. The SMILES string of the molecule is Cc1cc(NC(=O)c2ccn(C3CCCNC3)n2)ccc1O.Cl. The number of hydrogen-bond acceptors (Lipinski definition) is 4. The average molecular weight is 337 g/mol. The Labute approximate surface area is 141 Å².